The van der Waals surface area contributed by atoms with Crippen LogP contribution in [-0.4, -0.2) is 34.1 Å². The zero-order valence-corrected chi connectivity index (χ0v) is 12.1. The van der Waals surface area contributed by atoms with Crippen LogP contribution in [0.4, 0.5) is 5.82 Å². The highest BCUT2D eigenvalue weighted by atomic mass is 32.1. The van der Waals surface area contributed by atoms with Crippen LogP contribution >= 0.6 is 11.3 Å². The van der Waals surface area contributed by atoms with Crippen LogP contribution in [0.3, 0.4) is 0 Å². The average molecular weight is 279 g/mol. The maximum Gasteiger partial charge on any atom is 0.323 e. The van der Waals surface area contributed by atoms with Gasteiger partial charge in [-0.25, -0.2) is 9.97 Å². The van der Waals surface area contributed by atoms with E-state index in [0.717, 1.165) is 28.0 Å². The summed E-state index contributed by atoms with van der Waals surface area (Å²) in [5.41, 5.74) is 1.14. The van der Waals surface area contributed by atoms with Gasteiger partial charge < -0.3 is 10.0 Å². The molecular weight excluding hydrogens is 262 g/mol. The van der Waals surface area contributed by atoms with Crippen molar-refractivity contribution in [1.29, 1.82) is 0 Å². The summed E-state index contributed by atoms with van der Waals surface area (Å²) in [5, 5.41) is 10.0. The summed E-state index contributed by atoms with van der Waals surface area (Å²) in [6.45, 7) is 6.75. The van der Waals surface area contributed by atoms with E-state index >= 15 is 0 Å². The second-order valence-electron chi connectivity index (χ2n) is 4.48. The van der Waals surface area contributed by atoms with E-state index in [1.165, 1.54) is 11.2 Å². The fraction of sp³-hybridized carbons (Fsp3) is 0.462. The zero-order chi connectivity index (χ0) is 14.0. The summed E-state index contributed by atoms with van der Waals surface area (Å²) in [6.07, 6.45) is 2.39. The van der Waals surface area contributed by atoms with Crippen LogP contribution in [0.2, 0.25) is 0 Å². The molecule has 19 heavy (non-hydrogen) atoms. The van der Waals surface area contributed by atoms with Gasteiger partial charge in [-0.05, 0) is 25.8 Å². The molecular formula is C13H17N3O2S. The minimum atomic E-state index is -0.843. The average Bonchev–Trinajstić information content (AvgIpc) is 2.64. The number of rotatable bonds is 5. The number of nitrogens with zero attached hydrogens (tertiary/aromatic N) is 3. The lowest BCUT2D eigenvalue weighted by Crippen LogP contribution is -2.31. The van der Waals surface area contributed by atoms with Crippen molar-refractivity contribution >= 4 is 33.3 Å². The third-order valence-electron chi connectivity index (χ3n) is 3.06. The van der Waals surface area contributed by atoms with Crippen LogP contribution in [0.1, 0.15) is 23.8 Å². The lowest BCUT2D eigenvalue weighted by Gasteiger charge is -2.21. The second kappa shape index (κ2) is 5.52. The van der Waals surface area contributed by atoms with E-state index in [2.05, 4.69) is 9.97 Å². The van der Waals surface area contributed by atoms with Gasteiger partial charge in [-0.3, -0.25) is 4.79 Å². The number of thiophene rings is 1. The van der Waals surface area contributed by atoms with Crippen molar-refractivity contribution in [2.75, 3.05) is 18.0 Å². The number of carboxylic acids is 1. The Labute approximate surface area is 115 Å². The predicted octanol–water partition coefficient (Wildman–Crippen LogP) is 2.61. The number of carbonyl (C=O) groups is 1. The molecule has 1 N–H and O–H groups in total. The fourth-order valence-corrected chi connectivity index (χ4v) is 3.09. The van der Waals surface area contributed by atoms with Gasteiger partial charge in [-0.2, -0.15) is 0 Å². The Bertz CT molecular complexity index is 609. The van der Waals surface area contributed by atoms with E-state index in [1.54, 1.807) is 11.3 Å². The normalized spacial score (nSPS) is 10.9. The number of anilines is 1. The molecule has 6 heteroatoms. The highest BCUT2D eigenvalue weighted by Gasteiger charge is 2.18. The maximum absolute atomic E-state index is 11.0. The molecule has 2 aromatic heterocycles. The van der Waals surface area contributed by atoms with Gasteiger partial charge in [0.05, 0.1) is 5.39 Å². The molecule has 0 saturated carbocycles. The molecule has 0 aromatic carbocycles. The summed E-state index contributed by atoms with van der Waals surface area (Å²) < 4.78 is 0. The van der Waals surface area contributed by atoms with Crippen LogP contribution in [0.15, 0.2) is 6.33 Å². The number of hydrogen-bond acceptors (Lipinski definition) is 5. The summed E-state index contributed by atoms with van der Waals surface area (Å²) in [6, 6.07) is 0. The van der Waals surface area contributed by atoms with Crippen molar-refractivity contribution in [3.63, 3.8) is 0 Å². The molecule has 0 amide bonds. The quantitative estimate of drug-likeness (QED) is 0.911. The molecule has 0 bridgehead atoms. The highest BCUT2D eigenvalue weighted by Crippen LogP contribution is 2.34. The molecule has 102 valence electrons. The summed E-state index contributed by atoms with van der Waals surface area (Å²) in [5.74, 6) is -0.110. The molecule has 5 nitrogen and oxygen atoms in total. The van der Waals surface area contributed by atoms with Crippen LogP contribution in [0.5, 0.6) is 0 Å². The summed E-state index contributed by atoms with van der Waals surface area (Å²) in [4.78, 5) is 23.5. The van der Waals surface area contributed by atoms with Gasteiger partial charge in [0, 0.05) is 11.4 Å². The van der Waals surface area contributed by atoms with Crippen molar-refractivity contribution in [2.24, 2.45) is 0 Å². The molecule has 2 rings (SSSR count). The molecule has 0 fully saturated rings. The molecule has 0 atom stereocenters. The first-order valence-corrected chi connectivity index (χ1v) is 7.03. The molecule has 0 aliphatic rings. The first-order chi connectivity index (χ1) is 9.04. The maximum atomic E-state index is 11.0. The fourth-order valence-electron chi connectivity index (χ4n) is 2.10. The van der Waals surface area contributed by atoms with Gasteiger partial charge in [0.2, 0.25) is 0 Å². The first kappa shape index (κ1) is 13.7. The van der Waals surface area contributed by atoms with E-state index in [4.69, 9.17) is 5.11 Å². The summed E-state index contributed by atoms with van der Waals surface area (Å²) >= 11 is 1.62. The van der Waals surface area contributed by atoms with Crippen LogP contribution in [0.25, 0.3) is 10.2 Å². The third-order valence-corrected chi connectivity index (χ3v) is 4.18. The largest absolute Gasteiger partial charge is 0.480 e. The van der Waals surface area contributed by atoms with Gasteiger partial charge in [0.1, 0.15) is 23.5 Å². The molecule has 0 aliphatic carbocycles. The molecule has 0 radical (unpaired) electrons. The van der Waals surface area contributed by atoms with Gasteiger partial charge in [0.25, 0.3) is 0 Å². The number of aryl methyl sites for hydroxylation is 2. The highest BCUT2D eigenvalue weighted by molar-refractivity contribution is 7.18. The molecule has 2 heterocycles. The van der Waals surface area contributed by atoms with Gasteiger partial charge >= 0.3 is 5.97 Å². The van der Waals surface area contributed by atoms with E-state index < -0.39 is 5.97 Å². The topological polar surface area (TPSA) is 66.3 Å². The van der Waals surface area contributed by atoms with Crippen LogP contribution in [-0.2, 0) is 4.79 Å². The standard InChI is InChI=1S/C13H17N3O2S/c1-4-5-16(6-10(17)18)12-11-8(2)9(3)19-13(11)15-7-14-12/h7H,4-6H2,1-3H3,(H,17,18). The molecule has 0 saturated heterocycles. The molecule has 0 aliphatic heterocycles. The Hall–Kier alpha value is -1.69. The minimum Gasteiger partial charge on any atom is -0.480 e. The Morgan fingerprint density at radius 2 is 2.16 bits per heavy atom. The number of fused-ring (bicyclic) bond motifs is 1. The van der Waals surface area contributed by atoms with Crippen LogP contribution in [0, 0.1) is 13.8 Å². The Balaban J connectivity index is 2.55. The monoisotopic (exact) mass is 279 g/mol. The van der Waals surface area contributed by atoms with E-state index in [-0.39, 0.29) is 6.54 Å². The zero-order valence-electron chi connectivity index (χ0n) is 11.3. The van der Waals surface area contributed by atoms with Crippen molar-refractivity contribution in [3.8, 4) is 0 Å². The molecule has 0 unspecified atom stereocenters. The lowest BCUT2D eigenvalue weighted by atomic mass is 10.2. The van der Waals surface area contributed by atoms with Gasteiger partial charge in [0.15, 0.2) is 0 Å². The number of hydrogen-bond donors (Lipinski definition) is 1. The third kappa shape index (κ3) is 2.68. The van der Waals surface area contributed by atoms with Crippen LogP contribution < -0.4 is 4.90 Å². The van der Waals surface area contributed by atoms with Gasteiger partial charge in [-0.15, -0.1) is 11.3 Å². The van der Waals surface area contributed by atoms with Crippen molar-refractivity contribution in [1.82, 2.24) is 9.97 Å². The van der Waals surface area contributed by atoms with E-state index in [9.17, 15) is 4.79 Å². The Morgan fingerprint density at radius 3 is 2.79 bits per heavy atom. The Kier molecular flexibility index (Phi) is 3.99. The molecule has 2 aromatic rings. The SMILES string of the molecule is CCCN(CC(=O)O)c1ncnc2sc(C)c(C)c12. The smallest absolute Gasteiger partial charge is 0.323 e. The lowest BCUT2D eigenvalue weighted by molar-refractivity contribution is -0.135. The summed E-state index contributed by atoms with van der Waals surface area (Å²) in [7, 11) is 0. The number of aromatic nitrogens is 2. The molecule has 0 spiro atoms. The van der Waals surface area contributed by atoms with Crippen molar-refractivity contribution < 1.29 is 9.90 Å². The van der Waals surface area contributed by atoms with E-state index in [0.29, 0.717) is 6.54 Å². The number of aliphatic carboxylic acids is 1. The van der Waals surface area contributed by atoms with Gasteiger partial charge in [-0.1, -0.05) is 6.92 Å². The van der Waals surface area contributed by atoms with E-state index in [1.807, 2.05) is 25.7 Å². The predicted molar refractivity (Wildman–Crippen MR) is 77.0 cm³/mol. The number of carboxylic acid groups (broad SMARTS) is 1. The van der Waals surface area contributed by atoms with Crippen molar-refractivity contribution in [3.05, 3.63) is 16.8 Å². The van der Waals surface area contributed by atoms with Crippen molar-refractivity contribution in [2.45, 2.75) is 27.2 Å². The minimum absolute atomic E-state index is 0.0334. The second-order valence-corrected chi connectivity index (χ2v) is 5.68. The Morgan fingerprint density at radius 1 is 1.42 bits per heavy atom. The first-order valence-electron chi connectivity index (χ1n) is 6.22.